The highest BCUT2D eigenvalue weighted by Crippen LogP contribution is 2.07. The predicted octanol–water partition coefficient (Wildman–Crippen LogP) is 1.67. The van der Waals surface area contributed by atoms with Gasteiger partial charge in [-0.25, -0.2) is 4.98 Å². The van der Waals surface area contributed by atoms with Gasteiger partial charge in [-0.05, 0) is 12.1 Å². The minimum absolute atomic E-state index is 0.667. The van der Waals surface area contributed by atoms with Crippen LogP contribution >= 0.6 is 0 Å². The number of carbonyl (C=O) groups excluding carboxylic acids is 1. The number of amides is 1. The standard InChI is InChI=1S/C11H12N2O.C3H7NO/c1-2-4-11(5-3-1)14-9-8-13-7-6-12-10-13;1-4(2)3-5/h1-7,10H,8-9H2;3H,1-2H3. The highest BCUT2D eigenvalue weighted by atomic mass is 16.5. The second kappa shape index (κ2) is 8.74. The van der Waals surface area contributed by atoms with Gasteiger partial charge in [0.05, 0.1) is 12.9 Å². The van der Waals surface area contributed by atoms with Crippen LogP contribution in [0.4, 0.5) is 0 Å². The fourth-order valence-corrected chi connectivity index (χ4v) is 1.20. The van der Waals surface area contributed by atoms with Crippen LogP contribution in [0, 0.1) is 0 Å². The molecule has 0 unspecified atom stereocenters. The molecule has 0 aliphatic carbocycles. The van der Waals surface area contributed by atoms with Gasteiger partial charge < -0.3 is 14.2 Å². The first-order chi connectivity index (χ1) is 9.22. The van der Waals surface area contributed by atoms with Crippen molar-refractivity contribution >= 4 is 6.41 Å². The van der Waals surface area contributed by atoms with Crippen molar-refractivity contribution in [2.45, 2.75) is 6.54 Å². The van der Waals surface area contributed by atoms with Crippen molar-refractivity contribution in [1.82, 2.24) is 14.5 Å². The minimum Gasteiger partial charge on any atom is -0.492 e. The Morgan fingerprint density at radius 3 is 2.53 bits per heavy atom. The van der Waals surface area contributed by atoms with E-state index in [4.69, 9.17) is 4.74 Å². The second-order valence-electron chi connectivity index (χ2n) is 4.03. The summed E-state index contributed by atoms with van der Waals surface area (Å²) in [5.41, 5.74) is 0. The lowest BCUT2D eigenvalue weighted by molar-refractivity contribution is -0.115. The maximum Gasteiger partial charge on any atom is 0.209 e. The van der Waals surface area contributed by atoms with E-state index in [0.717, 1.165) is 18.7 Å². The number of hydrogen-bond donors (Lipinski definition) is 0. The van der Waals surface area contributed by atoms with Crippen LogP contribution in [-0.2, 0) is 11.3 Å². The normalized spacial score (nSPS) is 9.16. The second-order valence-corrected chi connectivity index (χ2v) is 4.03. The third-order valence-electron chi connectivity index (χ3n) is 2.13. The lowest BCUT2D eigenvalue weighted by Crippen LogP contribution is -2.06. The number of benzene rings is 1. The van der Waals surface area contributed by atoms with E-state index in [1.54, 1.807) is 26.6 Å². The van der Waals surface area contributed by atoms with Gasteiger partial charge in [0.2, 0.25) is 6.41 Å². The Morgan fingerprint density at radius 2 is 2.00 bits per heavy atom. The minimum atomic E-state index is 0.667. The number of carbonyl (C=O) groups is 1. The number of imidazole rings is 1. The zero-order valence-electron chi connectivity index (χ0n) is 11.3. The van der Waals surface area contributed by atoms with Crippen LogP contribution in [0.2, 0.25) is 0 Å². The summed E-state index contributed by atoms with van der Waals surface area (Å²) >= 11 is 0. The summed E-state index contributed by atoms with van der Waals surface area (Å²) in [5, 5.41) is 0. The van der Waals surface area contributed by atoms with Crippen molar-refractivity contribution in [2.24, 2.45) is 0 Å². The van der Waals surface area contributed by atoms with Gasteiger partial charge in [-0.15, -0.1) is 0 Å². The summed E-state index contributed by atoms with van der Waals surface area (Å²) in [5.74, 6) is 0.910. The first-order valence-electron chi connectivity index (χ1n) is 5.97. The SMILES string of the molecule is CN(C)C=O.c1ccc(OCCn2ccnc2)cc1. The van der Waals surface area contributed by atoms with Crippen molar-refractivity contribution < 1.29 is 9.53 Å². The fourth-order valence-electron chi connectivity index (χ4n) is 1.20. The van der Waals surface area contributed by atoms with E-state index < -0.39 is 0 Å². The maximum absolute atomic E-state index is 9.43. The molecule has 0 bridgehead atoms. The molecule has 2 aromatic rings. The Hall–Kier alpha value is -2.30. The van der Waals surface area contributed by atoms with Crippen molar-refractivity contribution in [1.29, 1.82) is 0 Å². The van der Waals surface area contributed by atoms with Crippen LogP contribution in [0.15, 0.2) is 49.1 Å². The zero-order valence-corrected chi connectivity index (χ0v) is 11.3. The summed E-state index contributed by atoms with van der Waals surface area (Å²) in [4.78, 5) is 14.8. The molecule has 1 amide bonds. The van der Waals surface area contributed by atoms with Gasteiger partial charge in [0.1, 0.15) is 12.4 Å². The average molecular weight is 261 g/mol. The highest BCUT2D eigenvalue weighted by Gasteiger charge is 1.92. The number of hydrogen-bond acceptors (Lipinski definition) is 3. The third-order valence-corrected chi connectivity index (χ3v) is 2.13. The van der Waals surface area contributed by atoms with Crippen LogP contribution in [0.25, 0.3) is 0 Å². The lowest BCUT2D eigenvalue weighted by Gasteiger charge is -2.05. The van der Waals surface area contributed by atoms with Crippen LogP contribution in [0.5, 0.6) is 5.75 Å². The Morgan fingerprint density at radius 1 is 1.32 bits per heavy atom. The molecule has 0 saturated carbocycles. The van der Waals surface area contributed by atoms with E-state index >= 15 is 0 Å². The molecule has 2 rings (SSSR count). The first-order valence-corrected chi connectivity index (χ1v) is 5.97. The Bertz CT molecular complexity index is 441. The summed E-state index contributed by atoms with van der Waals surface area (Å²) in [6.07, 6.45) is 6.23. The molecule has 0 N–H and O–H groups in total. The van der Waals surface area contributed by atoms with Crippen molar-refractivity contribution in [3.8, 4) is 5.75 Å². The van der Waals surface area contributed by atoms with Gasteiger partial charge in [0, 0.05) is 26.5 Å². The van der Waals surface area contributed by atoms with Crippen LogP contribution in [0.1, 0.15) is 0 Å². The monoisotopic (exact) mass is 261 g/mol. The van der Waals surface area contributed by atoms with E-state index in [0.29, 0.717) is 6.61 Å². The molecule has 0 fully saturated rings. The van der Waals surface area contributed by atoms with Crippen molar-refractivity contribution in [3.05, 3.63) is 49.1 Å². The molecule has 0 radical (unpaired) electrons. The van der Waals surface area contributed by atoms with E-state index in [1.165, 1.54) is 4.90 Å². The molecule has 0 spiro atoms. The molecule has 1 heterocycles. The van der Waals surface area contributed by atoms with E-state index in [9.17, 15) is 4.79 Å². The smallest absolute Gasteiger partial charge is 0.209 e. The topological polar surface area (TPSA) is 47.4 Å². The maximum atomic E-state index is 9.43. The van der Waals surface area contributed by atoms with Crippen LogP contribution in [-0.4, -0.2) is 41.6 Å². The van der Waals surface area contributed by atoms with Gasteiger partial charge >= 0.3 is 0 Å². The predicted molar refractivity (Wildman–Crippen MR) is 73.9 cm³/mol. The van der Waals surface area contributed by atoms with Crippen molar-refractivity contribution in [2.75, 3.05) is 20.7 Å². The number of nitrogens with zero attached hydrogens (tertiary/aromatic N) is 3. The molecule has 0 atom stereocenters. The molecular weight excluding hydrogens is 242 g/mol. The highest BCUT2D eigenvalue weighted by molar-refractivity contribution is 5.45. The number of aromatic nitrogens is 2. The molecular formula is C14H19N3O2. The molecule has 1 aromatic heterocycles. The number of rotatable bonds is 5. The molecule has 5 heteroatoms. The summed E-state index contributed by atoms with van der Waals surface area (Å²) < 4.78 is 7.52. The third kappa shape index (κ3) is 6.88. The number of ether oxygens (including phenoxy) is 1. The van der Waals surface area contributed by atoms with Crippen LogP contribution in [0.3, 0.4) is 0 Å². The van der Waals surface area contributed by atoms with Crippen LogP contribution < -0.4 is 4.74 Å². The van der Waals surface area contributed by atoms with E-state index in [-0.39, 0.29) is 0 Å². The molecule has 5 nitrogen and oxygen atoms in total. The van der Waals surface area contributed by atoms with E-state index in [2.05, 4.69) is 4.98 Å². The zero-order chi connectivity index (χ0) is 13.9. The summed E-state index contributed by atoms with van der Waals surface area (Å²) in [6, 6.07) is 9.81. The molecule has 102 valence electrons. The van der Waals surface area contributed by atoms with Gasteiger partial charge in [0.15, 0.2) is 0 Å². The van der Waals surface area contributed by atoms with Gasteiger partial charge in [-0.1, -0.05) is 18.2 Å². The Labute approximate surface area is 113 Å². The Kier molecular flexibility index (Phi) is 6.79. The van der Waals surface area contributed by atoms with E-state index in [1.807, 2.05) is 41.1 Å². The van der Waals surface area contributed by atoms with Gasteiger partial charge in [0.25, 0.3) is 0 Å². The number of para-hydroxylation sites is 1. The van der Waals surface area contributed by atoms with Gasteiger partial charge in [-0.3, -0.25) is 4.79 Å². The molecule has 1 aromatic carbocycles. The molecule has 0 aliphatic heterocycles. The average Bonchev–Trinajstić information content (AvgIpc) is 2.94. The quantitative estimate of drug-likeness (QED) is 0.769. The van der Waals surface area contributed by atoms with Gasteiger partial charge in [-0.2, -0.15) is 0 Å². The lowest BCUT2D eigenvalue weighted by atomic mass is 10.3. The summed E-state index contributed by atoms with van der Waals surface area (Å²) in [7, 11) is 3.38. The largest absolute Gasteiger partial charge is 0.492 e. The molecule has 0 saturated heterocycles. The fraction of sp³-hybridized carbons (Fsp3) is 0.286. The molecule has 0 aliphatic rings. The van der Waals surface area contributed by atoms with Crippen molar-refractivity contribution in [3.63, 3.8) is 0 Å². The first kappa shape index (κ1) is 14.8. The summed E-state index contributed by atoms with van der Waals surface area (Å²) in [6.45, 7) is 1.50. The molecule has 19 heavy (non-hydrogen) atoms. The Balaban J connectivity index is 0.000000312.